The van der Waals surface area contributed by atoms with E-state index in [1.165, 1.54) is 58.1 Å². The van der Waals surface area contributed by atoms with Crippen molar-refractivity contribution in [3.05, 3.63) is 47.6 Å². The molecule has 4 fully saturated rings. The molecule has 0 aromatic rings. The lowest BCUT2D eigenvalue weighted by molar-refractivity contribution is -0.265. The lowest BCUT2D eigenvalue weighted by atomic mass is 9.76. The summed E-state index contributed by atoms with van der Waals surface area (Å²) >= 11 is 0. The number of carbonyl (C=O) groups is 6. The number of amides is 1. The number of ether oxygens (including phenoxy) is 6. The predicted octanol–water partition coefficient (Wildman–Crippen LogP) is 7.49. The van der Waals surface area contributed by atoms with E-state index in [0.717, 1.165) is 5.57 Å². The Morgan fingerprint density at radius 3 is 2.14 bits per heavy atom. The molecule has 2 aliphatic carbocycles. The number of carbonyl (C=O) groups excluding carboxylic acids is 6. The summed E-state index contributed by atoms with van der Waals surface area (Å²) in [5.74, 6) is -9.08. The van der Waals surface area contributed by atoms with E-state index >= 15 is 0 Å². The number of ketones is 3. The summed E-state index contributed by atoms with van der Waals surface area (Å²) < 4.78 is 35.4. The summed E-state index contributed by atoms with van der Waals surface area (Å²) in [6, 6.07) is 0. The van der Waals surface area contributed by atoms with Crippen molar-refractivity contribution >= 4 is 43.0 Å². The van der Waals surface area contributed by atoms with Gasteiger partial charge in [0.25, 0.3) is 11.7 Å². The highest BCUT2D eigenvalue weighted by Crippen LogP contribution is 2.38. The van der Waals surface area contributed by atoms with Crippen LogP contribution in [0.15, 0.2) is 47.6 Å². The summed E-state index contributed by atoms with van der Waals surface area (Å²) in [4.78, 5) is 84.6. The molecule has 0 aromatic carbocycles. The molecule has 450 valence electrons. The van der Waals surface area contributed by atoms with Crippen molar-refractivity contribution in [2.75, 3.05) is 47.6 Å². The molecule has 3 aliphatic heterocycles. The highest BCUT2D eigenvalue weighted by Gasteiger charge is 2.52. The van der Waals surface area contributed by atoms with Crippen LogP contribution >= 0.6 is 0 Å². The molecule has 15 atom stereocenters. The zero-order chi connectivity index (χ0) is 59.5. The van der Waals surface area contributed by atoms with Crippen molar-refractivity contribution in [1.82, 2.24) is 4.90 Å². The number of cyclic esters (lactones) is 1. The third-order valence-corrected chi connectivity index (χ3v) is 17.6. The fraction of sp³-hybridized carbons (Fsp3) is 0.774. The lowest BCUT2D eigenvalue weighted by Crippen LogP contribution is -2.59. The summed E-state index contributed by atoms with van der Waals surface area (Å²) in [6.07, 6.45) is 16.4. The molecule has 4 bridgehead atoms. The molecule has 0 aromatic heterocycles. The number of piperidine rings is 1. The molecule has 5 rings (SSSR count). The van der Waals surface area contributed by atoms with Crippen molar-refractivity contribution in [1.29, 1.82) is 0 Å². The van der Waals surface area contributed by atoms with Gasteiger partial charge in [0.15, 0.2) is 5.78 Å². The van der Waals surface area contributed by atoms with Crippen LogP contribution in [0.3, 0.4) is 0 Å². The lowest BCUT2D eigenvalue weighted by Gasteiger charge is -2.42. The van der Waals surface area contributed by atoms with Crippen LogP contribution in [-0.2, 0) is 57.2 Å². The number of hydrogen-bond donors (Lipinski definition) is 4. The van der Waals surface area contributed by atoms with E-state index in [0.29, 0.717) is 75.6 Å². The summed E-state index contributed by atoms with van der Waals surface area (Å²) in [5, 5.41) is 42.9. The number of methoxy groups -OCH3 is 3. The first-order chi connectivity index (χ1) is 37.9. The second-order valence-electron chi connectivity index (χ2n) is 24.3. The number of aliphatic hydroxyl groups excluding tert-OH is 3. The average Bonchev–Trinajstić information content (AvgIpc) is 3.49. The van der Waals surface area contributed by atoms with Crippen molar-refractivity contribution in [3.63, 3.8) is 0 Å². The Kier molecular flexibility index (Phi) is 28.2. The Bertz CT molecular complexity index is 2150. The minimum Gasteiger partial charge on any atom is -0.461 e. The molecule has 5 aliphatic rings. The quantitative estimate of drug-likeness (QED) is 0.0717. The maximum atomic E-state index is 14.3. The number of nitrogens with zero attached hydrogens (tertiary/aromatic N) is 1. The van der Waals surface area contributed by atoms with Crippen LogP contribution in [-0.4, -0.2) is 165 Å². The second-order valence-corrected chi connectivity index (χ2v) is 24.3. The SMILES string of the molecule is CO[C@H]1C[C@@H]2CC[C@@H](C)[C@@](O)(O2)C(=O)C(=O)N2CCCC(C2)C(=O)O[C@H]([C@H](C)C[C@@H]2CC[C@@H](OC(=O)C(C)(CO)CO)[C@H](OC)C2)CC(=O)[C@H](C)/C=C(\C)[C@@H](O)[C@@H](OC)C(=O)[C@H](C)C[C@H](C)/C=C/C=C/C=C1C.[B]C1CCCCC1. The highest BCUT2D eigenvalue weighted by atomic mass is 16.6. The van der Waals surface area contributed by atoms with E-state index in [1.807, 2.05) is 51.2 Å². The second kappa shape index (κ2) is 32.8. The molecule has 1 amide bonds. The van der Waals surface area contributed by atoms with E-state index in [4.69, 9.17) is 36.3 Å². The average molecular weight is 1120 g/mol. The Labute approximate surface area is 478 Å². The molecule has 80 heavy (non-hydrogen) atoms. The topological polar surface area (TPSA) is 242 Å². The molecule has 4 N–H and O–H groups in total. The van der Waals surface area contributed by atoms with Crippen LogP contribution in [0.4, 0.5) is 0 Å². The van der Waals surface area contributed by atoms with Gasteiger partial charge >= 0.3 is 11.9 Å². The van der Waals surface area contributed by atoms with Crippen LogP contribution in [0.25, 0.3) is 0 Å². The first kappa shape index (κ1) is 68.6. The maximum absolute atomic E-state index is 14.3. The van der Waals surface area contributed by atoms with E-state index < -0.39 is 120 Å². The van der Waals surface area contributed by atoms with Gasteiger partial charge in [0.1, 0.15) is 35.6 Å². The predicted molar refractivity (Wildman–Crippen MR) is 304 cm³/mol. The fourth-order valence-electron chi connectivity index (χ4n) is 11.8. The fourth-order valence-corrected chi connectivity index (χ4v) is 11.8. The molecule has 1 unspecified atom stereocenters. The molecule has 18 heteroatoms. The van der Waals surface area contributed by atoms with Gasteiger partial charge in [-0.1, -0.05) is 109 Å². The number of allylic oxidation sites excluding steroid dienone is 6. The number of Topliss-reactive ketones (excluding diaryl/α,β-unsaturated/α-hetero) is 3. The van der Waals surface area contributed by atoms with Crippen LogP contribution in [0.1, 0.15) is 158 Å². The first-order valence-corrected chi connectivity index (χ1v) is 29.5. The molecule has 2 saturated carbocycles. The zero-order valence-electron chi connectivity index (χ0n) is 50.0. The Morgan fingerprint density at radius 1 is 0.838 bits per heavy atom. The van der Waals surface area contributed by atoms with Gasteiger partial charge in [-0.3, -0.25) is 28.8 Å². The third-order valence-electron chi connectivity index (χ3n) is 17.6. The Morgan fingerprint density at radius 2 is 1.52 bits per heavy atom. The number of rotatable bonds is 10. The highest BCUT2D eigenvalue weighted by molar-refractivity contribution is 6.38. The van der Waals surface area contributed by atoms with Crippen LogP contribution in [0.2, 0.25) is 5.82 Å². The number of hydrogen-bond acceptors (Lipinski definition) is 16. The van der Waals surface area contributed by atoms with Gasteiger partial charge in [0.2, 0.25) is 5.79 Å². The van der Waals surface area contributed by atoms with Crippen LogP contribution in [0, 0.1) is 46.8 Å². The standard InChI is InChI=1S/C56H87NO16.C6H11B/c1-33-16-13-12-14-17-34(2)45(68-9)28-42-21-19-39(7)56(67,73-42)51(63)52(64)57-23-15-18-41(30-57)53(65)71-46(29-43(60)35(3)25-38(6)49(62)50(70-11)48(61)37(5)24-33)36(4)26-40-20-22-44(47(27-40)69-10)72-54(66)55(8,31-58)32-59;7-6-4-2-1-3-5-6/h12-14,16-17,25,33,35-37,39-42,44-47,49-50,58-59,62,67H,15,18-24,26-32H2,1-11H3;6H,1-5H2/b14-12+,16-13+,34-17?,38-25+;/t33-,35-,36-,37-,39-,40+,41?,42+,44-,45+,46+,47-,49-,50+,56-;/m1./s1. The van der Waals surface area contributed by atoms with Crippen LogP contribution in [0.5, 0.6) is 0 Å². The summed E-state index contributed by atoms with van der Waals surface area (Å²) in [7, 11) is 10.1. The number of esters is 2. The Hall–Kier alpha value is -3.88. The number of fused-ring (bicyclic) bond motifs is 4. The molecular weight excluding hydrogens is 1030 g/mol. The van der Waals surface area contributed by atoms with Crippen molar-refractivity contribution in [2.24, 2.45) is 46.8 Å². The van der Waals surface area contributed by atoms with Crippen LogP contribution < -0.4 is 0 Å². The van der Waals surface area contributed by atoms with E-state index in [2.05, 4.69) is 0 Å². The summed E-state index contributed by atoms with van der Waals surface area (Å²) in [6.45, 7) is 12.8. The van der Waals surface area contributed by atoms with Gasteiger partial charge in [0.05, 0.1) is 45.3 Å². The van der Waals surface area contributed by atoms with Gasteiger partial charge < -0.3 is 53.7 Å². The molecule has 17 nitrogen and oxygen atoms in total. The molecule has 0 spiro atoms. The molecule has 2 saturated heterocycles. The number of aliphatic hydroxyl groups is 4. The van der Waals surface area contributed by atoms with Crippen molar-refractivity contribution in [3.8, 4) is 0 Å². The monoisotopic (exact) mass is 1120 g/mol. The van der Waals surface area contributed by atoms with Gasteiger partial charge in [-0.25, -0.2) is 0 Å². The van der Waals surface area contributed by atoms with Crippen molar-refractivity contribution < 1.29 is 77.6 Å². The van der Waals surface area contributed by atoms with E-state index in [1.54, 1.807) is 40.9 Å². The molecule has 2 radical (unpaired) electrons. The largest absolute Gasteiger partial charge is 0.461 e. The molecular formula is C62H98BNO16. The van der Waals surface area contributed by atoms with Gasteiger partial charge in [-0.2, -0.15) is 0 Å². The molecule has 3 heterocycles. The van der Waals surface area contributed by atoms with E-state index in [9.17, 15) is 49.2 Å². The smallest absolute Gasteiger partial charge is 0.316 e. The summed E-state index contributed by atoms with van der Waals surface area (Å²) in [5.41, 5.74) is -0.243. The first-order valence-electron chi connectivity index (χ1n) is 29.5. The third kappa shape index (κ3) is 19.3. The minimum atomic E-state index is -2.40. The zero-order valence-corrected chi connectivity index (χ0v) is 50.0. The Balaban J connectivity index is 0.00000182. The van der Waals surface area contributed by atoms with Gasteiger partial charge in [-0.05, 0) is 107 Å². The van der Waals surface area contributed by atoms with E-state index in [-0.39, 0.29) is 42.9 Å². The van der Waals surface area contributed by atoms with Crippen molar-refractivity contribution in [2.45, 2.75) is 212 Å². The maximum Gasteiger partial charge on any atom is 0.316 e. The minimum absolute atomic E-state index is 0.00704. The normalized spacial score (nSPS) is 35.7. The van der Waals surface area contributed by atoms with Gasteiger partial charge in [-0.15, -0.1) is 0 Å². The van der Waals surface area contributed by atoms with Gasteiger partial charge in [0, 0.05) is 65.0 Å².